The molecule has 0 radical (unpaired) electrons. The molecule has 0 saturated carbocycles. The molecule has 0 unspecified atom stereocenters. The van der Waals surface area contributed by atoms with Gasteiger partial charge in [-0.25, -0.2) is 8.78 Å². The van der Waals surface area contributed by atoms with Crippen molar-refractivity contribution in [1.82, 2.24) is 4.57 Å². The third-order valence-corrected chi connectivity index (χ3v) is 2.52. The Morgan fingerprint density at radius 1 is 1.24 bits per heavy atom. The molecule has 2 rings (SSSR count). The first-order chi connectivity index (χ1) is 8.08. The van der Waals surface area contributed by atoms with E-state index in [4.69, 9.17) is 0 Å². The predicted octanol–water partition coefficient (Wildman–Crippen LogP) is 2.48. The van der Waals surface area contributed by atoms with Gasteiger partial charge in [0.25, 0.3) is 5.56 Å². The molecular weight excluding hydrogens is 224 g/mol. The van der Waals surface area contributed by atoms with Gasteiger partial charge in [0.05, 0.1) is 6.54 Å². The summed E-state index contributed by atoms with van der Waals surface area (Å²) in [7, 11) is 0. The first-order valence-electron chi connectivity index (χ1n) is 5.18. The van der Waals surface area contributed by atoms with Crippen molar-refractivity contribution >= 4 is 0 Å². The number of aryl methyl sites for hydroxylation is 1. The second-order valence-corrected chi connectivity index (χ2v) is 3.88. The van der Waals surface area contributed by atoms with Crippen LogP contribution in [0, 0.1) is 18.6 Å². The summed E-state index contributed by atoms with van der Waals surface area (Å²) in [5.41, 5.74) is 0.774. The molecule has 1 aromatic carbocycles. The molecule has 0 aliphatic carbocycles. The number of nitrogens with zero attached hydrogens (tertiary/aromatic N) is 1. The van der Waals surface area contributed by atoms with Gasteiger partial charge in [-0.15, -0.1) is 0 Å². The van der Waals surface area contributed by atoms with Crippen molar-refractivity contribution in [3.8, 4) is 0 Å². The molecular formula is C13H11F2NO. The Labute approximate surface area is 97.1 Å². The SMILES string of the molecule is Cc1ccn(Cc2cccc(F)c2F)c(=O)c1. The summed E-state index contributed by atoms with van der Waals surface area (Å²) in [5, 5.41) is 0. The Bertz CT molecular complexity index is 605. The number of hydrogen-bond acceptors (Lipinski definition) is 1. The van der Waals surface area contributed by atoms with Crippen molar-refractivity contribution in [3.63, 3.8) is 0 Å². The molecule has 88 valence electrons. The zero-order chi connectivity index (χ0) is 12.4. The summed E-state index contributed by atoms with van der Waals surface area (Å²) in [6, 6.07) is 7.14. The quantitative estimate of drug-likeness (QED) is 0.783. The predicted molar refractivity (Wildman–Crippen MR) is 60.9 cm³/mol. The molecule has 0 spiro atoms. The van der Waals surface area contributed by atoms with E-state index in [2.05, 4.69) is 0 Å². The lowest BCUT2D eigenvalue weighted by atomic mass is 10.2. The molecule has 1 aromatic heterocycles. The summed E-state index contributed by atoms with van der Waals surface area (Å²) in [6.45, 7) is 1.83. The average Bonchev–Trinajstić information content (AvgIpc) is 2.28. The lowest BCUT2D eigenvalue weighted by Crippen LogP contribution is -2.19. The maximum atomic E-state index is 13.4. The maximum Gasteiger partial charge on any atom is 0.251 e. The van der Waals surface area contributed by atoms with Crippen LogP contribution in [0.25, 0.3) is 0 Å². The molecule has 0 bridgehead atoms. The number of halogens is 2. The number of aromatic nitrogens is 1. The van der Waals surface area contributed by atoms with E-state index in [1.165, 1.54) is 22.8 Å². The highest BCUT2D eigenvalue weighted by Gasteiger charge is 2.08. The minimum Gasteiger partial charge on any atom is -0.311 e. The van der Waals surface area contributed by atoms with Gasteiger partial charge in [0.2, 0.25) is 0 Å². The molecule has 0 atom stereocenters. The zero-order valence-electron chi connectivity index (χ0n) is 9.28. The lowest BCUT2D eigenvalue weighted by molar-refractivity contribution is 0.494. The van der Waals surface area contributed by atoms with Crippen LogP contribution >= 0.6 is 0 Å². The fraction of sp³-hybridized carbons (Fsp3) is 0.154. The van der Waals surface area contributed by atoms with Crippen LogP contribution in [0.4, 0.5) is 8.78 Å². The first-order valence-corrected chi connectivity index (χ1v) is 5.18. The van der Waals surface area contributed by atoms with Crippen molar-refractivity contribution in [1.29, 1.82) is 0 Å². The van der Waals surface area contributed by atoms with Crippen LogP contribution < -0.4 is 5.56 Å². The Kier molecular flexibility index (Phi) is 3.04. The molecule has 2 aromatic rings. The molecule has 2 nitrogen and oxygen atoms in total. The van der Waals surface area contributed by atoms with Crippen LogP contribution in [0.2, 0.25) is 0 Å². The molecule has 0 saturated heterocycles. The van der Waals surface area contributed by atoms with Gasteiger partial charge in [0.15, 0.2) is 11.6 Å². The van der Waals surface area contributed by atoms with Crippen molar-refractivity contribution in [2.75, 3.05) is 0 Å². The van der Waals surface area contributed by atoms with Gasteiger partial charge in [0, 0.05) is 17.8 Å². The van der Waals surface area contributed by atoms with E-state index in [9.17, 15) is 13.6 Å². The van der Waals surface area contributed by atoms with Crippen LogP contribution in [-0.2, 0) is 6.54 Å². The second-order valence-electron chi connectivity index (χ2n) is 3.88. The van der Waals surface area contributed by atoms with Gasteiger partial charge in [-0.05, 0) is 24.6 Å². The van der Waals surface area contributed by atoms with E-state index in [-0.39, 0.29) is 17.7 Å². The van der Waals surface area contributed by atoms with Gasteiger partial charge < -0.3 is 4.57 Å². The van der Waals surface area contributed by atoms with Gasteiger partial charge in [-0.3, -0.25) is 4.79 Å². The first kappa shape index (κ1) is 11.5. The standard InChI is InChI=1S/C13H11F2NO/c1-9-5-6-16(12(17)7-9)8-10-3-2-4-11(14)13(10)15/h2-7H,8H2,1H3. The Morgan fingerprint density at radius 3 is 2.71 bits per heavy atom. The van der Waals surface area contributed by atoms with Gasteiger partial charge in [0.1, 0.15) is 0 Å². The molecule has 0 amide bonds. The van der Waals surface area contributed by atoms with Crippen LogP contribution in [-0.4, -0.2) is 4.57 Å². The highest BCUT2D eigenvalue weighted by Crippen LogP contribution is 2.12. The van der Waals surface area contributed by atoms with E-state index in [1.807, 2.05) is 0 Å². The van der Waals surface area contributed by atoms with Gasteiger partial charge in [-0.1, -0.05) is 12.1 Å². The van der Waals surface area contributed by atoms with Crippen molar-refractivity contribution in [3.05, 3.63) is 69.6 Å². The minimum atomic E-state index is -0.903. The van der Waals surface area contributed by atoms with Crippen LogP contribution in [0.1, 0.15) is 11.1 Å². The number of benzene rings is 1. The topological polar surface area (TPSA) is 22.0 Å². The highest BCUT2D eigenvalue weighted by atomic mass is 19.2. The minimum absolute atomic E-state index is 0.0305. The molecule has 0 fully saturated rings. The summed E-state index contributed by atoms with van der Waals surface area (Å²) < 4.78 is 27.7. The van der Waals surface area contributed by atoms with Crippen molar-refractivity contribution in [2.45, 2.75) is 13.5 Å². The number of hydrogen-bond donors (Lipinski definition) is 0. The smallest absolute Gasteiger partial charge is 0.251 e. The number of pyridine rings is 1. The molecule has 0 N–H and O–H groups in total. The molecule has 0 aliphatic rings. The van der Waals surface area contributed by atoms with E-state index in [0.29, 0.717) is 0 Å². The summed E-state index contributed by atoms with van der Waals surface area (Å²) in [5.74, 6) is -1.80. The number of rotatable bonds is 2. The van der Waals surface area contributed by atoms with E-state index >= 15 is 0 Å². The van der Waals surface area contributed by atoms with Crippen LogP contribution in [0.15, 0.2) is 41.3 Å². The zero-order valence-corrected chi connectivity index (χ0v) is 9.28. The highest BCUT2D eigenvalue weighted by molar-refractivity contribution is 5.20. The normalized spacial score (nSPS) is 10.5. The van der Waals surface area contributed by atoms with Gasteiger partial charge >= 0.3 is 0 Å². The molecule has 17 heavy (non-hydrogen) atoms. The average molecular weight is 235 g/mol. The van der Waals surface area contributed by atoms with Gasteiger partial charge in [-0.2, -0.15) is 0 Å². The molecule has 0 aliphatic heterocycles. The fourth-order valence-electron chi connectivity index (χ4n) is 1.59. The van der Waals surface area contributed by atoms with E-state index in [1.54, 1.807) is 19.2 Å². The maximum absolute atomic E-state index is 13.4. The lowest BCUT2D eigenvalue weighted by Gasteiger charge is -2.07. The molecule has 1 heterocycles. The fourth-order valence-corrected chi connectivity index (χ4v) is 1.59. The third-order valence-electron chi connectivity index (χ3n) is 2.52. The van der Waals surface area contributed by atoms with Crippen molar-refractivity contribution < 1.29 is 8.78 Å². The Hall–Kier alpha value is -1.97. The van der Waals surface area contributed by atoms with Crippen LogP contribution in [0.5, 0.6) is 0 Å². The van der Waals surface area contributed by atoms with Crippen LogP contribution in [0.3, 0.4) is 0 Å². The Balaban J connectivity index is 2.38. The Morgan fingerprint density at radius 2 is 2.00 bits per heavy atom. The summed E-state index contributed by atoms with van der Waals surface area (Å²) in [4.78, 5) is 11.6. The second kappa shape index (κ2) is 4.49. The van der Waals surface area contributed by atoms with E-state index < -0.39 is 11.6 Å². The summed E-state index contributed by atoms with van der Waals surface area (Å²) in [6.07, 6.45) is 1.57. The monoisotopic (exact) mass is 235 g/mol. The van der Waals surface area contributed by atoms with E-state index in [0.717, 1.165) is 11.6 Å². The largest absolute Gasteiger partial charge is 0.311 e. The molecule has 4 heteroatoms. The van der Waals surface area contributed by atoms with Crippen molar-refractivity contribution in [2.24, 2.45) is 0 Å². The third kappa shape index (κ3) is 2.41. The summed E-state index contributed by atoms with van der Waals surface area (Å²) >= 11 is 0.